The third-order valence-corrected chi connectivity index (χ3v) is 2.74. The van der Waals surface area contributed by atoms with Crippen molar-refractivity contribution in [2.45, 2.75) is 6.92 Å². The van der Waals surface area contributed by atoms with Gasteiger partial charge in [-0.1, -0.05) is 0 Å². The second kappa shape index (κ2) is 3.59. The number of hydrogen-bond donors (Lipinski definition) is 2. The van der Waals surface area contributed by atoms with E-state index in [2.05, 4.69) is 15.2 Å². The molecule has 3 aromatic rings. The number of benzene rings is 1. The van der Waals surface area contributed by atoms with E-state index in [1.807, 2.05) is 37.3 Å². The maximum atomic E-state index is 5.80. The molecule has 0 unspecified atom stereocenters. The van der Waals surface area contributed by atoms with Gasteiger partial charge in [0.05, 0.1) is 11.2 Å². The lowest BCUT2D eigenvalue weighted by Gasteiger charge is -1.99. The largest absolute Gasteiger partial charge is 0.399 e. The fourth-order valence-electron chi connectivity index (χ4n) is 1.89. The highest BCUT2D eigenvalue weighted by Gasteiger charge is 2.09. The summed E-state index contributed by atoms with van der Waals surface area (Å²) in [7, 11) is 0. The zero-order valence-electron chi connectivity index (χ0n) is 9.44. The number of hydrogen-bond acceptors (Lipinski definition) is 3. The highest BCUT2D eigenvalue weighted by atomic mass is 15.1. The summed E-state index contributed by atoms with van der Waals surface area (Å²) in [5.74, 6) is 0. The van der Waals surface area contributed by atoms with E-state index in [4.69, 9.17) is 5.73 Å². The Morgan fingerprint density at radius 2 is 2.06 bits per heavy atom. The number of nitrogens with zero attached hydrogens (tertiary/aromatic N) is 2. The lowest BCUT2D eigenvalue weighted by molar-refractivity contribution is 1.11. The molecule has 17 heavy (non-hydrogen) atoms. The summed E-state index contributed by atoms with van der Waals surface area (Å²) >= 11 is 0. The molecule has 0 saturated carbocycles. The van der Waals surface area contributed by atoms with E-state index in [0.29, 0.717) is 0 Å². The standard InChI is InChI=1S/C13H12N4/c1-8-4-5-15-12(6-8)13-10-7-9(14)2-3-11(10)16-17-13/h2-7H,14H2,1H3,(H,16,17). The zero-order chi connectivity index (χ0) is 11.8. The van der Waals surface area contributed by atoms with Crippen molar-refractivity contribution < 1.29 is 0 Å². The van der Waals surface area contributed by atoms with Gasteiger partial charge in [0.1, 0.15) is 5.69 Å². The van der Waals surface area contributed by atoms with Gasteiger partial charge in [-0.15, -0.1) is 0 Å². The smallest absolute Gasteiger partial charge is 0.118 e. The van der Waals surface area contributed by atoms with Crippen molar-refractivity contribution in [3.8, 4) is 11.4 Å². The van der Waals surface area contributed by atoms with E-state index in [9.17, 15) is 0 Å². The number of nitrogen functional groups attached to an aromatic ring is 1. The third-order valence-electron chi connectivity index (χ3n) is 2.74. The van der Waals surface area contributed by atoms with Crippen LogP contribution in [0.1, 0.15) is 5.56 Å². The van der Waals surface area contributed by atoms with Crippen molar-refractivity contribution in [2.24, 2.45) is 0 Å². The number of rotatable bonds is 1. The van der Waals surface area contributed by atoms with Gasteiger partial charge >= 0.3 is 0 Å². The molecule has 0 fully saturated rings. The molecular formula is C13H12N4. The van der Waals surface area contributed by atoms with Crippen LogP contribution in [-0.2, 0) is 0 Å². The second-order valence-electron chi connectivity index (χ2n) is 4.10. The Kier molecular flexibility index (Phi) is 2.08. The number of aromatic nitrogens is 3. The number of aryl methyl sites for hydroxylation is 1. The highest BCUT2D eigenvalue weighted by molar-refractivity contribution is 5.93. The Bertz CT molecular complexity index is 685. The summed E-state index contributed by atoms with van der Waals surface area (Å²) < 4.78 is 0. The molecule has 3 N–H and O–H groups in total. The lowest BCUT2D eigenvalue weighted by Crippen LogP contribution is -1.86. The Morgan fingerprint density at radius 3 is 2.88 bits per heavy atom. The van der Waals surface area contributed by atoms with Gasteiger partial charge in [-0.25, -0.2) is 0 Å². The molecule has 0 aliphatic heterocycles. The third kappa shape index (κ3) is 1.63. The number of nitrogens with one attached hydrogen (secondary N) is 1. The first-order valence-electron chi connectivity index (χ1n) is 5.41. The summed E-state index contributed by atoms with van der Waals surface area (Å²) in [5, 5.41) is 8.30. The first-order chi connectivity index (χ1) is 8.24. The molecule has 3 rings (SSSR count). The molecule has 84 valence electrons. The number of H-pyrrole nitrogens is 1. The van der Waals surface area contributed by atoms with Gasteiger partial charge in [0.2, 0.25) is 0 Å². The average molecular weight is 224 g/mol. The second-order valence-corrected chi connectivity index (χ2v) is 4.10. The molecule has 0 aliphatic carbocycles. The fraction of sp³-hybridized carbons (Fsp3) is 0.0769. The number of fused-ring (bicyclic) bond motifs is 1. The summed E-state index contributed by atoms with van der Waals surface area (Å²) in [4.78, 5) is 4.34. The van der Waals surface area contributed by atoms with E-state index < -0.39 is 0 Å². The van der Waals surface area contributed by atoms with Crippen LogP contribution in [0.2, 0.25) is 0 Å². The highest BCUT2D eigenvalue weighted by Crippen LogP contribution is 2.26. The molecule has 0 radical (unpaired) electrons. The first-order valence-corrected chi connectivity index (χ1v) is 5.41. The zero-order valence-corrected chi connectivity index (χ0v) is 9.44. The van der Waals surface area contributed by atoms with Gasteiger partial charge in [-0.2, -0.15) is 5.10 Å². The minimum atomic E-state index is 0.729. The summed E-state index contributed by atoms with van der Waals surface area (Å²) in [6.07, 6.45) is 1.79. The maximum absolute atomic E-state index is 5.80. The van der Waals surface area contributed by atoms with Gasteiger partial charge < -0.3 is 5.73 Å². The Hall–Kier alpha value is -2.36. The number of pyridine rings is 1. The van der Waals surface area contributed by atoms with Crippen LogP contribution in [0.25, 0.3) is 22.3 Å². The molecule has 0 bridgehead atoms. The molecule has 0 spiro atoms. The van der Waals surface area contributed by atoms with Crippen LogP contribution in [0, 0.1) is 6.92 Å². The van der Waals surface area contributed by atoms with Crippen LogP contribution in [0.5, 0.6) is 0 Å². The summed E-state index contributed by atoms with van der Waals surface area (Å²) in [5.41, 5.74) is 10.4. The van der Waals surface area contributed by atoms with Crippen LogP contribution >= 0.6 is 0 Å². The van der Waals surface area contributed by atoms with Crippen molar-refractivity contribution in [2.75, 3.05) is 5.73 Å². The van der Waals surface area contributed by atoms with E-state index in [1.54, 1.807) is 6.20 Å². The SMILES string of the molecule is Cc1ccnc(-c2n[nH]c3ccc(N)cc23)c1. The van der Waals surface area contributed by atoms with Crippen LogP contribution in [-0.4, -0.2) is 15.2 Å². The van der Waals surface area contributed by atoms with Gasteiger partial charge in [0.15, 0.2) is 0 Å². The van der Waals surface area contributed by atoms with E-state index >= 15 is 0 Å². The predicted octanol–water partition coefficient (Wildman–Crippen LogP) is 2.52. The Balaban J connectivity index is 2.27. The summed E-state index contributed by atoms with van der Waals surface area (Å²) in [6.45, 7) is 2.04. The minimum absolute atomic E-state index is 0.729. The van der Waals surface area contributed by atoms with Crippen LogP contribution in [0.15, 0.2) is 36.5 Å². The Morgan fingerprint density at radius 1 is 1.18 bits per heavy atom. The molecule has 0 atom stereocenters. The number of anilines is 1. The van der Waals surface area contributed by atoms with Gasteiger partial charge in [0, 0.05) is 17.3 Å². The van der Waals surface area contributed by atoms with Crippen molar-refractivity contribution in [1.29, 1.82) is 0 Å². The average Bonchev–Trinajstić information content (AvgIpc) is 2.71. The normalized spacial score (nSPS) is 10.9. The quantitative estimate of drug-likeness (QED) is 0.624. The number of aromatic amines is 1. The molecule has 4 nitrogen and oxygen atoms in total. The maximum Gasteiger partial charge on any atom is 0.118 e. The topological polar surface area (TPSA) is 67.6 Å². The molecule has 2 aromatic heterocycles. The van der Waals surface area contributed by atoms with Gasteiger partial charge in [-0.3, -0.25) is 10.1 Å². The van der Waals surface area contributed by atoms with Crippen molar-refractivity contribution in [1.82, 2.24) is 15.2 Å². The molecule has 0 amide bonds. The molecular weight excluding hydrogens is 212 g/mol. The minimum Gasteiger partial charge on any atom is -0.399 e. The van der Waals surface area contributed by atoms with Crippen molar-refractivity contribution in [3.63, 3.8) is 0 Å². The summed E-state index contributed by atoms with van der Waals surface area (Å²) in [6, 6.07) is 9.68. The molecule has 1 aromatic carbocycles. The van der Waals surface area contributed by atoms with E-state index in [-0.39, 0.29) is 0 Å². The molecule has 0 aliphatic rings. The molecule has 2 heterocycles. The van der Waals surface area contributed by atoms with Crippen LogP contribution in [0.3, 0.4) is 0 Å². The van der Waals surface area contributed by atoms with Crippen molar-refractivity contribution in [3.05, 3.63) is 42.1 Å². The van der Waals surface area contributed by atoms with Gasteiger partial charge in [-0.05, 0) is 42.8 Å². The van der Waals surface area contributed by atoms with Crippen molar-refractivity contribution >= 4 is 16.6 Å². The molecule has 0 saturated heterocycles. The lowest BCUT2D eigenvalue weighted by atomic mass is 10.1. The molecule has 4 heteroatoms. The predicted molar refractivity (Wildman–Crippen MR) is 68.5 cm³/mol. The number of nitrogens with two attached hydrogens (primary N) is 1. The Labute approximate surface area is 98.5 Å². The first kappa shape index (κ1) is 9.84. The van der Waals surface area contributed by atoms with Gasteiger partial charge in [0.25, 0.3) is 0 Å². The van der Waals surface area contributed by atoms with E-state index in [0.717, 1.165) is 33.5 Å². The fourth-order valence-corrected chi connectivity index (χ4v) is 1.89. The van der Waals surface area contributed by atoms with Crippen LogP contribution < -0.4 is 5.73 Å². The van der Waals surface area contributed by atoms with Crippen LogP contribution in [0.4, 0.5) is 5.69 Å². The monoisotopic (exact) mass is 224 g/mol. The van der Waals surface area contributed by atoms with E-state index in [1.165, 1.54) is 0 Å².